The summed E-state index contributed by atoms with van der Waals surface area (Å²) in [6.45, 7) is 10.4. The Hall–Kier alpha value is -2.32. The van der Waals surface area contributed by atoms with Crippen molar-refractivity contribution in [1.82, 2.24) is 0 Å². The summed E-state index contributed by atoms with van der Waals surface area (Å²) in [6, 6.07) is 4.39. The van der Waals surface area contributed by atoms with Crippen LogP contribution in [0.1, 0.15) is 62.6 Å². The Bertz CT molecular complexity index is 888. The van der Waals surface area contributed by atoms with Gasteiger partial charge in [0.25, 0.3) is 0 Å². The van der Waals surface area contributed by atoms with E-state index < -0.39 is 0 Å². The van der Waals surface area contributed by atoms with Crippen molar-refractivity contribution in [1.29, 1.82) is 0 Å². The van der Waals surface area contributed by atoms with Crippen LogP contribution in [0.3, 0.4) is 0 Å². The molecule has 1 aliphatic carbocycles. The Labute approximate surface area is 180 Å². The molecule has 2 aliphatic heterocycles. The van der Waals surface area contributed by atoms with E-state index in [1.54, 1.807) is 6.21 Å². The third-order valence-electron chi connectivity index (χ3n) is 6.12. The van der Waals surface area contributed by atoms with Gasteiger partial charge in [0.1, 0.15) is 5.71 Å². The number of aryl methyl sites for hydroxylation is 1. The Kier molecular flexibility index (Phi) is 6.15. The van der Waals surface area contributed by atoms with E-state index in [0.717, 1.165) is 49.2 Å². The third-order valence-corrected chi connectivity index (χ3v) is 6.12. The largest absolute Gasteiger partial charge is 0.376 e. The van der Waals surface area contributed by atoms with E-state index in [2.05, 4.69) is 59.7 Å². The molecule has 0 bridgehead atoms. The molecule has 160 valence electrons. The molecule has 1 saturated carbocycles. The predicted molar refractivity (Wildman–Crippen MR) is 124 cm³/mol. The minimum Gasteiger partial charge on any atom is -0.376 e. The Morgan fingerprint density at radius 2 is 2.07 bits per heavy atom. The maximum atomic E-state index is 5.77. The number of rotatable bonds is 5. The van der Waals surface area contributed by atoms with Gasteiger partial charge in [0.2, 0.25) is 0 Å². The average molecular weight is 407 g/mol. The fourth-order valence-corrected chi connectivity index (χ4v) is 4.28. The highest BCUT2D eigenvalue weighted by molar-refractivity contribution is 6.38. The summed E-state index contributed by atoms with van der Waals surface area (Å²) in [4.78, 5) is 7.03. The fourth-order valence-electron chi connectivity index (χ4n) is 4.28. The smallest absolute Gasteiger partial charge is 0.108 e. The number of anilines is 1. The summed E-state index contributed by atoms with van der Waals surface area (Å²) in [6.07, 6.45) is 7.91. The highest BCUT2D eigenvalue weighted by Gasteiger charge is 2.35. The second kappa shape index (κ2) is 8.81. The molecule has 2 saturated heterocycles. The quantitative estimate of drug-likeness (QED) is 0.349. The van der Waals surface area contributed by atoms with Gasteiger partial charge >= 0.3 is 0 Å². The zero-order valence-corrected chi connectivity index (χ0v) is 18.6. The summed E-state index contributed by atoms with van der Waals surface area (Å²) in [5.41, 5.74) is 5.53. The second-order valence-corrected chi connectivity index (χ2v) is 9.75. The molecule has 1 unspecified atom stereocenters. The molecule has 0 radical (unpaired) electrons. The lowest BCUT2D eigenvalue weighted by atomic mass is 9.83. The van der Waals surface area contributed by atoms with E-state index in [-0.39, 0.29) is 6.10 Å². The van der Waals surface area contributed by atoms with Crippen molar-refractivity contribution >= 4 is 17.6 Å². The van der Waals surface area contributed by atoms with Crippen LogP contribution in [0.5, 0.6) is 0 Å². The van der Waals surface area contributed by atoms with Crippen molar-refractivity contribution in [3.63, 3.8) is 0 Å². The zero-order chi connectivity index (χ0) is 21.1. The SMILES string of the molecule is Cc1cc(N2CC(C)(C)C2)c(C#CC2CC2)cc1/C(C=NCC1CCCCO1)=N/N. The summed E-state index contributed by atoms with van der Waals surface area (Å²) < 4.78 is 5.77. The summed E-state index contributed by atoms with van der Waals surface area (Å²) in [5.74, 6) is 13.2. The standard InChI is InChI=1S/C25H34N4O/c1-18-12-24(29-16-25(2,3)17-29)20(10-9-19-7-8-19)13-22(18)23(28-26)15-27-14-21-6-4-5-11-30-21/h12-13,15,19,21H,4-8,11,14,16-17,26H2,1-3H3/b27-15?,28-23+. The van der Waals surface area contributed by atoms with Crippen LogP contribution >= 0.6 is 0 Å². The minimum atomic E-state index is 0.215. The van der Waals surface area contributed by atoms with Crippen LogP contribution in [-0.4, -0.2) is 44.3 Å². The molecule has 1 aromatic carbocycles. The maximum Gasteiger partial charge on any atom is 0.108 e. The van der Waals surface area contributed by atoms with Crippen LogP contribution < -0.4 is 10.7 Å². The van der Waals surface area contributed by atoms with Crippen molar-refractivity contribution < 1.29 is 4.74 Å². The highest BCUT2D eigenvalue weighted by atomic mass is 16.5. The first-order valence-electron chi connectivity index (χ1n) is 11.3. The molecule has 0 spiro atoms. The molecule has 0 aromatic heterocycles. The molecule has 3 aliphatic rings. The number of nitrogens with zero attached hydrogens (tertiary/aromatic N) is 3. The van der Waals surface area contributed by atoms with E-state index >= 15 is 0 Å². The molecule has 30 heavy (non-hydrogen) atoms. The highest BCUT2D eigenvalue weighted by Crippen LogP contribution is 2.37. The first-order valence-corrected chi connectivity index (χ1v) is 11.3. The molecule has 2 N–H and O–H groups in total. The van der Waals surface area contributed by atoms with Gasteiger partial charge in [-0.15, -0.1) is 0 Å². The molecule has 1 atom stereocenters. The van der Waals surface area contributed by atoms with Crippen molar-refractivity contribution in [3.8, 4) is 11.8 Å². The fraction of sp³-hybridized carbons (Fsp3) is 0.600. The number of aliphatic imine (C=N–C) groups is 1. The zero-order valence-electron chi connectivity index (χ0n) is 18.6. The van der Waals surface area contributed by atoms with Crippen molar-refractivity contribution in [2.24, 2.45) is 27.3 Å². The van der Waals surface area contributed by atoms with Crippen LogP contribution in [0.15, 0.2) is 22.2 Å². The third kappa shape index (κ3) is 5.05. The summed E-state index contributed by atoms with van der Waals surface area (Å²) in [7, 11) is 0. The lowest BCUT2D eigenvalue weighted by Crippen LogP contribution is -2.53. The molecular weight excluding hydrogens is 372 g/mol. The number of hydrogen-bond acceptors (Lipinski definition) is 5. The summed E-state index contributed by atoms with van der Waals surface area (Å²) in [5, 5.41) is 4.05. The normalized spacial score (nSPS) is 23.8. The van der Waals surface area contributed by atoms with E-state index in [1.165, 1.54) is 24.9 Å². The van der Waals surface area contributed by atoms with E-state index in [4.69, 9.17) is 10.6 Å². The molecular formula is C25H34N4O. The Morgan fingerprint density at radius 1 is 1.27 bits per heavy atom. The van der Waals surface area contributed by atoms with Gasteiger partial charge in [-0.3, -0.25) is 4.99 Å². The molecule has 1 aromatic rings. The average Bonchev–Trinajstić information content (AvgIpc) is 3.54. The van der Waals surface area contributed by atoms with E-state index in [9.17, 15) is 0 Å². The molecule has 2 heterocycles. The van der Waals surface area contributed by atoms with Crippen LogP contribution in [0, 0.1) is 30.1 Å². The number of hydrogen-bond donors (Lipinski definition) is 1. The minimum absolute atomic E-state index is 0.215. The predicted octanol–water partition coefficient (Wildman–Crippen LogP) is 3.91. The van der Waals surface area contributed by atoms with Gasteiger partial charge < -0.3 is 15.5 Å². The number of ether oxygens (including phenoxy) is 1. The molecule has 5 nitrogen and oxygen atoms in total. The van der Waals surface area contributed by atoms with Crippen LogP contribution in [-0.2, 0) is 4.74 Å². The second-order valence-electron chi connectivity index (χ2n) is 9.75. The van der Waals surface area contributed by atoms with Gasteiger partial charge in [0.15, 0.2) is 0 Å². The van der Waals surface area contributed by atoms with Crippen LogP contribution in [0.2, 0.25) is 0 Å². The van der Waals surface area contributed by atoms with Gasteiger partial charge in [0, 0.05) is 43.0 Å². The molecule has 5 heteroatoms. The van der Waals surface area contributed by atoms with Crippen molar-refractivity contribution in [3.05, 3.63) is 28.8 Å². The number of hydrazone groups is 1. The van der Waals surface area contributed by atoms with Crippen molar-refractivity contribution in [2.75, 3.05) is 31.1 Å². The number of nitrogens with two attached hydrogens (primary N) is 1. The first kappa shape index (κ1) is 20.9. The van der Waals surface area contributed by atoms with Crippen LogP contribution in [0.4, 0.5) is 5.69 Å². The lowest BCUT2D eigenvalue weighted by Gasteiger charge is -2.48. The van der Waals surface area contributed by atoms with Gasteiger partial charge in [-0.1, -0.05) is 25.7 Å². The topological polar surface area (TPSA) is 63.2 Å². The monoisotopic (exact) mass is 406 g/mol. The van der Waals surface area contributed by atoms with Gasteiger partial charge in [-0.2, -0.15) is 5.10 Å². The van der Waals surface area contributed by atoms with E-state index in [1.807, 2.05) is 0 Å². The Balaban J connectivity index is 1.57. The molecule has 3 fully saturated rings. The van der Waals surface area contributed by atoms with Gasteiger partial charge in [0.05, 0.1) is 18.3 Å². The maximum absolute atomic E-state index is 5.77. The van der Waals surface area contributed by atoms with Crippen molar-refractivity contribution in [2.45, 2.75) is 59.0 Å². The lowest BCUT2D eigenvalue weighted by molar-refractivity contribution is 0.0226. The van der Waals surface area contributed by atoms with E-state index in [0.29, 0.717) is 23.6 Å². The van der Waals surface area contributed by atoms with Gasteiger partial charge in [-0.25, -0.2) is 0 Å². The Morgan fingerprint density at radius 3 is 2.70 bits per heavy atom. The van der Waals surface area contributed by atoms with Crippen LogP contribution in [0.25, 0.3) is 0 Å². The first-order chi connectivity index (χ1) is 14.4. The van der Waals surface area contributed by atoms with Gasteiger partial charge in [-0.05, 0) is 62.1 Å². The number of benzene rings is 1. The molecule has 0 amide bonds. The molecule has 4 rings (SSSR count). The summed E-state index contributed by atoms with van der Waals surface area (Å²) >= 11 is 0.